The van der Waals surface area contributed by atoms with Crippen molar-refractivity contribution in [3.05, 3.63) is 65.0 Å². The first-order valence-corrected chi connectivity index (χ1v) is 14.4. The molecule has 2 aliphatic carbocycles. The predicted molar refractivity (Wildman–Crippen MR) is 149 cm³/mol. The summed E-state index contributed by atoms with van der Waals surface area (Å²) in [5, 5.41) is 0. The van der Waals surface area contributed by atoms with Crippen LogP contribution in [0.4, 0.5) is 9.18 Å². The fourth-order valence-electron chi connectivity index (χ4n) is 6.10. The fourth-order valence-corrected chi connectivity index (χ4v) is 6.10. The lowest BCUT2D eigenvalue weighted by atomic mass is 9.77. The molecule has 2 aromatic carbocycles. The molecule has 0 aromatic heterocycles. The Hall–Kier alpha value is -3.24. The zero-order valence-electron chi connectivity index (χ0n) is 24.2. The summed E-state index contributed by atoms with van der Waals surface area (Å²) in [6, 6.07) is 11.6. The van der Waals surface area contributed by atoms with Crippen LogP contribution < -0.4 is 5.46 Å². The number of carbonyl (C=O) groups excluding carboxylic acids is 3. The molecule has 0 bridgehead atoms. The lowest BCUT2D eigenvalue weighted by Crippen LogP contribution is -2.47. The SMILES string of the molecule is C[C@@H](C1CC1)N(Cc1ccc(F)cc1)C(=O)CN1C(=O)OC2(CCc3cc(B4OC(C)(C)C(C)(C)O4)ccc32)C1=O. The zero-order chi connectivity index (χ0) is 29.3. The molecule has 10 heteroatoms. The number of hydrogen-bond acceptors (Lipinski definition) is 6. The summed E-state index contributed by atoms with van der Waals surface area (Å²) in [6.07, 6.45) is 2.08. The minimum absolute atomic E-state index is 0.0733. The van der Waals surface area contributed by atoms with Crippen molar-refractivity contribution in [2.45, 2.75) is 89.7 Å². The lowest BCUT2D eigenvalue weighted by molar-refractivity contribution is -0.143. The van der Waals surface area contributed by atoms with Crippen molar-refractivity contribution in [1.29, 1.82) is 0 Å². The van der Waals surface area contributed by atoms with E-state index in [-0.39, 0.29) is 24.3 Å². The number of benzene rings is 2. The summed E-state index contributed by atoms with van der Waals surface area (Å²) >= 11 is 0. The smallest absolute Gasteiger partial charge is 0.427 e. The van der Waals surface area contributed by atoms with E-state index in [1.54, 1.807) is 17.0 Å². The molecule has 1 unspecified atom stereocenters. The van der Waals surface area contributed by atoms with E-state index < -0.39 is 42.5 Å². The molecule has 3 amide bonds. The van der Waals surface area contributed by atoms with E-state index in [2.05, 4.69) is 0 Å². The number of fused-ring (bicyclic) bond motifs is 2. The number of aryl methyl sites for hydroxylation is 1. The van der Waals surface area contributed by atoms with E-state index in [9.17, 15) is 18.8 Å². The van der Waals surface area contributed by atoms with Crippen molar-refractivity contribution >= 4 is 30.5 Å². The van der Waals surface area contributed by atoms with Crippen molar-refractivity contribution in [3.63, 3.8) is 0 Å². The van der Waals surface area contributed by atoms with Crippen LogP contribution in [0.15, 0.2) is 42.5 Å². The number of hydrogen-bond donors (Lipinski definition) is 0. The van der Waals surface area contributed by atoms with Gasteiger partial charge in [0, 0.05) is 24.6 Å². The maximum absolute atomic E-state index is 13.8. The van der Waals surface area contributed by atoms with Gasteiger partial charge in [0.1, 0.15) is 12.4 Å². The summed E-state index contributed by atoms with van der Waals surface area (Å²) in [7, 11) is -0.543. The van der Waals surface area contributed by atoms with Gasteiger partial charge in [-0.1, -0.05) is 30.3 Å². The van der Waals surface area contributed by atoms with E-state index >= 15 is 0 Å². The average Bonchev–Trinajstić information content (AvgIpc) is 3.62. The molecule has 0 N–H and O–H groups in total. The highest BCUT2D eigenvalue weighted by Crippen LogP contribution is 2.46. The molecule has 2 aromatic rings. The van der Waals surface area contributed by atoms with Gasteiger partial charge < -0.3 is 18.9 Å². The van der Waals surface area contributed by atoms with Gasteiger partial charge in [-0.3, -0.25) is 9.59 Å². The van der Waals surface area contributed by atoms with Crippen LogP contribution in [-0.4, -0.2) is 58.6 Å². The standard InChI is InChI=1S/C31H36BFN2O6/c1-19(21-8-9-21)34(17-20-6-11-24(33)12-7-20)26(36)18-35-27(37)31(39-28(35)38)15-14-22-16-23(10-13-25(22)31)32-40-29(2,3)30(4,5)41-32/h6-7,10-13,16,19,21H,8-9,14-15,17-18H2,1-5H3/t19-,31?/m0/s1. The van der Waals surface area contributed by atoms with E-state index in [4.69, 9.17) is 14.0 Å². The topological polar surface area (TPSA) is 85.4 Å². The van der Waals surface area contributed by atoms with Gasteiger partial charge in [-0.05, 0) is 88.5 Å². The van der Waals surface area contributed by atoms with Gasteiger partial charge >= 0.3 is 13.2 Å². The highest BCUT2D eigenvalue weighted by Gasteiger charge is 2.59. The molecule has 2 saturated heterocycles. The Labute approximate surface area is 240 Å². The van der Waals surface area contributed by atoms with Gasteiger partial charge in [-0.15, -0.1) is 0 Å². The molecule has 0 radical (unpaired) electrons. The van der Waals surface area contributed by atoms with Crippen LogP contribution in [0.5, 0.6) is 0 Å². The number of ether oxygens (including phenoxy) is 1. The molecule has 2 aliphatic heterocycles. The molecule has 41 heavy (non-hydrogen) atoms. The van der Waals surface area contributed by atoms with Crippen LogP contribution in [0.25, 0.3) is 0 Å². The second-order valence-electron chi connectivity index (χ2n) is 12.8. The van der Waals surface area contributed by atoms with Crippen molar-refractivity contribution in [3.8, 4) is 0 Å². The predicted octanol–water partition coefficient (Wildman–Crippen LogP) is 4.07. The Morgan fingerprint density at radius 3 is 2.37 bits per heavy atom. The third kappa shape index (κ3) is 4.75. The van der Waals surface area contributed by atoms with E-state index in [1.807, 2.05) is 52.8 Å². The van der Waals surface area contributed by atoms with Gasteiger partial charge in [0.25, 0.3) is 5.91 Å². The normalized spacial score (nSPS) is 25.0. The Balaban J connectivity index is 1.21. The highest BCUT2D eigenvalue weighted by molar-refractivity contribution is 6.62. The molecule has 8 nitrogen and oxygen atoms in total. The number of halogens is 1. The van der Waals surface area contributed by atoms with Gasteiger partial charge in [0.05, 0.1) is 11.2 Å². The summed E-state index contributed by atoms with van der Waals surface area (Å²) in [5.41, 5.74) is 0.751. The van der Waals surface area contributed by atoms with E-state index in [0.29, 0.717) is 24.3 Å². The van der Waals surface area contributed by atoms with Crippen LogP contribution in [0.1, 0.15) is 70.6 Å². The van der Waals surface area contributed by atoms with Crippen molar-refractivity contribution in [2.75, 3.05) is 6.54 Å². The van der Waals surface area contributed by atoms with Crippen molar-refractivity contribution in [2.24, 2.45) is 5.92 Å². The molecule has 2 heterocycles. The molecule has 216 valence electrons. The monoisotopic (exact) mass is 562 g/mol. The third-order valence-corrected chi connectivity index (χ3v) is 9.58. The van der Waals surface area contributed by atoms with Crippen molar-refractivity contribution < 1.29 is 32.8 Å². The quantitative estimate of drug-likeness (QED) is 0.473. The van der Waals surface area contributed by atoms with Crippen LogP contribution in [0.3, 0.4) is 0 Å². The molecule has 1 spiro atoms. The lowest BCUT2D eigenvalue weighted by Gasteiger charge is -2.32. The van der Waals surface area contributed by atoms with Gasteiger partial charge in [-0.25, -0.2) is 14.1 Å². The first-order chi connectivity index (χ1) is 19.3. The molecule has 1 saturated carbocycles. The van der Waals surface area contributed by atoms with Gasteiger partial charge in [-0.2, -0.15) is 0 Å². The van der Waals surface area contributed by atoms with Crippen molar-refractivity contribution in [1.82, 2.24) is 9.80 Å². The molecular weight excluding hydrogens is 526 g/mol. The fraction of sp³-hybridized carbons (Fsp3) is 0.516. The third-order valence-electron chi connectivity index (χ3n) is 9.58. The van der Waals surface area contributed by atoms with E-state index in [0.717, 1.165) is 34.3 Å². The Bertz CT molecular complexity index is 1390. The summed E-state index contributed by atoms with van der Waals surface area (Å²) < 4.78 is 31.6. The first kappa shape index (κ1) is 27.9. The largest absolute Gasteiger partial charge is 0.494 e. The second-order valence-corrected chi connectivity index (χ2v) is 12.8. The van der Waals surface area contributed by atoms with Crippen LogP contribution >= 0.6 is 0 Å². The number of amides is 3. The van der Waals surface area contributed by atoms with Gasteiger partial charge in [0.2, 0.25) is 11.5 Å². The summed E-state index contributed by atoms with van der Waals surface area (Å²) in [6.45, 7) is 9.82. The second kappa shape index (κ2) is 9.66. The summed E-state index contributed by atoms with van der Waals surface area (Å²) in [4.78, 5) is 43.1. The number of nitrogens with zero attached hydrogens (tertiary/aromatic N) is 2. The average molecular weight is 562 g/mol. The Morgan fingerprint density at radius 2 is 1.73 bits per heavy atom. The number of imide groups is 1. The Morgan fingerprint density at radius 1 is 1.07 bits per heavy atom. The highest BCUT2D eigenvalue weighted by atomic mass is 19.1. The molecule has 6 rings (SSSR count). The zero-order valence-corrected chi connectivity index (χ0v) is 24.2. The molecular formula is C31H36BFN2O6. The minimum atomic E-state index is -1.44. The Kier molecular flexibility index (Phi) is 6.58. The van der Waals surface area contributed by atoms with Crippen LogP contribution in [-0.2, 0) is 42.2 Å². The van der Waals surface area contributed by atoms with Crippen LogP contribution in [0.2, 0.25) is 0 Å². The summed E-state index contributed by atoms with van der Waals surface area (Å²) in [5.74, 6) is -0.839. The maximum atomic E-state index is 13.8. The van der Waals surface area contributed by atoms with Gasteiger partial charge in [0.15, 0.2) is 0 Å². The molecule has 3 fully saturated rings. The number of rotatable bonds is 7. The first-order valence-electron chi connectivity index (χ1n) is 14.4. The maximum Gasteiger partial charge on any atom is 0.494 e. The van der Waals surface area contributed by atoms with Crippen LogP contribution in [0, 0.1) is 11.7 Å². The minimum Gasteiger partial charge on any atom is -0.427 e. The van der Waals surface area contributed by atoms with E-state index in [1.165, 1.54) is 12.1 Å². The molecule has 2 atom stereocenters. The number of carbonyl (C=O) groups is 3. The molecule has 4 aliphatic rings.